The molecule has 21 heavy (non-hydrogen) atoms. The van der Waals surface area contributed by atoms with Gasteiger partial charge in [-0.1, -0.05) is 36.4 Å². The minimum atomic E-state index is -0.0175. The van der Waals surface area contributed by atoms with Gasteiger partial charge in [0, 0.05) is 9.13 Å². The van der Waals surface area contributed by atoms with Crippen LogP contribution in [0.2, 0.25) is 0 Å². The van der Waals surface area contributed by atoms with Crippen LogP contribution in [0.5, 0.6) is 5.75 Å². The molecule has 0 bridgehead atoms. The Labute approximate surface area is 136 Å². The minimum absolute atomic E-state index is 0.0175. The Morgan fingerprint density at radius 3 is 2.48 bits per heavy atom. The molecule has 0 unspecified atom stereocenters. The summed E-state index contributed by atoms with van der Waals surface area (Å²) in [6.07, 6.45) is 0. The second-order valence-electron chi connectivity index (χ2n) is 4.74. The smallest absolute Gasteiger partial charge is 0.196 e. The first-order chi connectivity index (χ1) is 10.2. The molecule has 3 heteroatoms. The van der Waals surface area contributed by atoms with Gasteiger partial charge in [0.15, 0.2) is 5.78 Å². The number of carbonyl (C=O) groups is 1. The largest absolute Gasteiger partial charge is 0.496 e. The number of ketones is 1. The van der Waals surface area contributed by atoms with E-state index in [2.05, 4.69) is 22.6 Å². The number of rotatable bonds is 3. The van der Waals surface area contributed by atoms with Gasteiger partial charge in [0.2, 0.25) is 0 Å². The first-order valence-electron chi connectivity index (χ1n) is 6.56. The van der Waals surface area contributed by atoms with Crippen LogP contribution in [-0.2, 0) is 0 Å². The van der Waals surface area contributed by atoms with Crippen molar-refractivity contribution in [2.24, 2.45) is 0 Å². The molecule has 0 aliphatic carbocycles. The normalized spacial score (nSPS) is 10.6. The fourth-order valence-electron chi connectivity index (χ4n) is 2.34. The predicted molar refractivity (Wildman–Crippen MR) is 93.1 cm³/mol. The van der Waals surface area contributed by atoms with Crippen molar-refractivity contribution in [3.8, 4) is 5.75 Å². The van der Waals surface area contributed by atoms with Crippen molar-refractivity contribution < 1.29 is 9.53 Å². The molecule has 0 saturated carbocycles. The van der Waals surface area contributed by atoms with E-state index in [4.69, 9.17) is 4.74 Å². The lowest BCUT2D eigenvalue weighted by Crippen LogP contribution is -2.04. The Bertz CT molecular complexity index is 824. The van der Waals surface area contributed by atoms with Crippen LogP contribution in [0.3, 0.4) is 0 Å². The zero-order chi connectivity index (χ0) is 14.8. The Balaban J connectivity index is 2.10. The number of fused-ring (bicyclic) bond motifs is 1. The van der Waals surface area contributed by atoms with Gasteiger partial charge in [0.05, 0.1) is 12.7 Å². The zero-order valence-electron chi connectivity index (χ0n) is 11.5. The zero-order valence-corrected chi connectivity index (χ0v) is 13.6. The maximum Gasteiger partial charge on any atom is 0.196 e. The SMILES string of the molecule is COc1ccc(I)cc1C(=O)c1ccc2ccccc2c1. The Morgan fingerprint density at radius 2 is 1.71 bits per heavy atom. The summed E-state index contributed by atoms with van der Waals surface area (Å²) in [5.41, 5.74) is 1.27. The van der Waals surface area contributed by atoms with Crippen LogP contribution in [0.25, 0.3) is 10.8 Å². The van der Waals surface area contributed by atoms with E-state index in [9.17, 15) is 4.79 Å². The number of hydrogen-bond donors (Lipinski definition) is 0. The molecule has 0 radical (unpaired) electrons. The highest BCUT2D eigenvalue weighted by Gasteiger charge is 2.15. The average molecular weight is 388 g/mol. The van der Waals surface area contributed by atoms with Crippen molar-refractivity contribution in [3.63, 3.8) is 0 Å². The van der Waals surface area contributed by atoms with Crippen LogP contribution in [0.4, 0.5) is 0 Å². The maximum absolute atomic E-state index is 12.7. The van der Waals surface area contributed by atoms with Gasteiger partial charge in [-0.3, -0.25) is 4.79 Å². The summed E-state index contributed by atoms with van der Waals surface area (Å²) < 4.78 is 6.32. The molecule has 104 valence electrons. The summed E-state index contributed by atoms with van der Waals surface area (Å²) in [7, 11) is 1.58. The quantitative estimate of drug-likeness (QED) is 0.481. The second kappa shape index (κ2) is 5.85. The van der Waals surface area contributed by atoms with Gasteiger partial charge >= 0.3 is 0 Å². The Kier molecular flexibility index (Phi) is 3.92. The van der Waals surface area contributed by atoms with E-state index in [1.165, 1.54) is 0 Å². The van der Waals surface area contributed by atoms with E-state index < -0.39 is 0 Å². The molecular formula is C18H13IO2. The fourth-order valence-corrected chi connectivity index (χ4v) is 2.83. The van der Waals surface area contributed by atoms with Gasteiger partial charge in [-0.15, -0.1) is 0 Å². The van der Waals surface area contributed by atoms with Crippen molar-refractivity contribution in [1.82, 2.24) is 0 Å². The van der Waals surface area contributed by atoms with Gasteiger partial charge in [-0.05, 0) is 57.6 Å². The van der Waals surface area contributed by atoms with Crippen molar-refractivity contribution >= 4 is 39.1 Å². The van der Waals surface area contributed by atoms with Crippen molar-refractivity contribution in [2.45, 2.75) is 0 Å². The van der Waals surface area contributed by atoms with Crippen LogP contribution in [0.15, 0.2) is 60.7 Å². The number of benzene rings is 3. The molecule has 3 aromatic carbocycles. The van der Waals surface area contributed by atoms with E-state index in [1.807, 2.05) is 60.7 Å². The standard InChI is InChI=1S/C18H13IO2/c1-21-17-9-8-15(19)11-16(17)18(20)14-7-6-12-4-2-3-5-13(12)10-14/h2-11H,1H3. The summed E-state index contributed by atoms with van der Waals surface area (Å²) in [5, 5.41) is 2.19. The molecule has 2 nitrogen and oxygen atoms in total. The average Bonchev–Trinajstić information content (AvgIpc) is 2.53. The lowest BCUT2D eigenvalue weighted by atomic mass is 9.99. The number of carbonyl (C=O) groups excluding carboxylic acids is 1. The molecule has 3 aromatic rings. The Morgan fingerprint density at radius 1 is 0.952 bits per heavy atom. The third-order valence-corrected chi connectivity index (χ3v) is 4.09. The molecule has 0 aromatic heterocycles. The second-order valence-corrected chi connectivity index (χ2v) is 5.98. The first-order valence-corrected chi connectivity index (χ1v) is 7.64. The highest BCUT2D eigenvalue weighted by Crippen LogP contribution is 2.25. The number of ether oxygens (including phenoxy) is 1. The third kappa shape index (κ3) is 2.78. The van der Waals surface area contributed by atoms with Crippen LogP contribution in [0, 0.1) is 3.57 Å². The van der Waals surface area contributed by atoms with Gasteiger partial charge in [0.1, 0.15) is 5.75 Å². The summed E-state index contributed by atoms with van der Waals surface area (Å²) in [6, 6.07) is 19.4. The number of hydrogen-bond acceptors (Lipinski definition) is 2. The highest BCUT2D eigenvalue weighted by molar-refractivity contribution is 14.1. The van der Waals surface area contributed by atoms with Gasteiger partial charge in [-0.25, -0.2) is 0 Å². The highest BCUT2D eigenvalue weighted by atomic mass is 127. The fraction of sp³-hybridized carbons (Fsp3) is 0.0556. The van der Waals surface area contributed by atoms with Crippen molar-refractivity contribution in [2.75, 3.05) is 7.11 Å². The van der Waals surface area contributed by atoms with Crippen molar-refractivity contribution in [3.05, 3.63) is 75.4 Å². The summed E-state index contributed by atoms with van der Waals surface area (Å²) in [5.74, 6) is 0.588. The number of methoxy groups -OCH3 is 1. The van der Waals surface area contributed by atoms with E-state index in [0.717, 1.165) is 14.3 Å². The molecule has 0 aliphatic rings. The molecule has 0 spiro atoms. The molecule has 0 saturated heterocycles. The molecule has 0 heterocycles. The van der Waals surface area contributed by atoms with E-state index >= 15 is 0 Å². The van der Waals surface area contributed by atoms with Gasteiger partial charge < -0.3 is 4.74 Å². The maximum atomic E-state index is 12.7. The van der Waals surface area contributed by atoms with Crippen LogP contribution in [0.1, 0.15) is 15.9 Å². The molecule has 3 rings (SSSR count). The number of halogens is 1. The van der Waals surface area contributed by atoms with Crippen LogP contribution < -0.4 is 4.74 Å². The molecular weight excluding hydrogens is 375 g/mol. The monoisotopic (exact) mass is 388 g/mol. The first kappa shape index (κ1) is 14.1. The molecule has 0 N–H and O–H groups in total. The van der Waals surface area contributed by atoms with Crippen molar-refractivity contribution in [1.29, 1.82) is 0 Å². The molecule has 0 atom stereocenters. The molecule has 0 fully saturated rings. The summed E-state index contributed by atoms with van der Waals surface area (Å²) in [4.78, 5) is 12.7. The van der Waals surface area contributed by atoms with E-state index in [-0.39, 0.29) is 5.78 Å². The third-order valence-electron chi connectivity index (χ3n) is 3.42. The van der Waals surface area contributed by atoms with Crippen LogP contribution in [-0.4, -0.2) is 12.9 Å². The topological polar surface area (TPSA) is 26.3 Å². The van der Waals surface area contributed by atoms with Gasteiger partial charge in [0.25, 0.3) is 0 Å². The van der Waals surface area contributed by atoms with Gasteiger partial charge in [-0.2, -0.15) is 0 Å². The van der Waals surface area contributed by atoms with Crippen LogP contribution >= 0.6 is 22.6 Å². The molecule has 0 aliphatic heterocycles. The lowest BCUT2D eigenvalue weighted by molar-refractivity contribution is 0.103. The lowest BCUT2D eigenvalue weighted by Gasteiger charge is -2.09. The summed E-state index contributed by atoms with van der Waals surface area (Å²) >= 11 is 2.20. The van der Waals surface area contributed by atoms with E-state index in [0.29, 0.717) is 16.9 Å². The summed E-state index contributed by atoms with van der Waals surface area (Å²) in [6.45, 7) is 0. The Hall–Kier alpha value is -1.88. The minimum Gasteiger partial charge on any atom is -0.496 e. The van der Waals surface area contributed by atoms with E-state index in [1.54, 1.807) is 7.11 Å². The predicted octanol–water partition coefficient (Wildman–Crippen LogP) is 4.68. The molecule has 0 amide bonds.